The van der Waals surface area contributed by atoms with Gasteiger partial charge < -0.3 is 9.88 Å². The maximum atomic E-state index is 13.7. The Bertz CT molecular complexity index is 606. The summed E-state index contributed by atoms with van der Waals surface area (Å²) in [5, 5.41) is 2.61. The van der Waals surface area contributed by atoms with Gasteiger partial charge in [-0.3, -0.25) is 0 Å². The van der Waals surface area contributed by atoms with Gasteiger partial charge in [0.25, 0.3) is 15.9 Å². The molecule has 1 aromatic rings. The van der Waals surface area contributed by atoms with Crippen LogP contribution in [-0.4, -0.2) is 43.0 Å². The first-order chi connectivity index (χ1) is 9.88. The summed E-state index contributed by atoms with van der Waals surface area (Å²) in [6.45, 7) is 0.822. The lowest BCUT2D eigenvalue weighted by Gasteiger charge is -2.31. The second kappa shape index (κ2) is 5.29. The van der Waals surface area contributed by atoms with Crippen LogP contribution in [0.5, 0.6) is 0 Å². The van der Waals surface area contributed by atoms with E-state index in [0.717, 1.165) is 25.8 Å². The smallest absolute Gasteiger partial charge is 0.266 e. The molecule has 1 atom stereocenters. The summed E-state index contributed by atoms with van der Waals surface area (Å²) in [5.74, 6) is -2.34. The third-order valence-electron chi connectivity index (χ3n) is 3.95. The third kappa shape index (κ3) is 2.95. The molecule has 0 amide bonds. The molecule has 2 aliphatic heterocycles. The summed E-state index contributed by atoms with van der Waals surface area (Å²) < 4.78 is 55.9. The molecule has 6 nitrogen and oxygen atoms in total. The fourth-order valence-electron chi connectivity index (χ4n) is 2.72. The van der Waals surface area contributed by atoms with Gasteiger partial charge in [0.2, 0.25) is 0 Å². The van der Waals surface area contributed by atoms with Crippen LogP contribution < -0.4 is 10.0 Å². The lowest BCUT2D eigenvalue weighted by Crippen LogP contribution is -2.57. The molecule has 21 heavy (non-hydrogen) atoms. The predicted octanol–water partition coefficient (Wildman–Crippen LogP) is 0.495. The van der Waals surface area contributed by atoms with Crippen molar-refractivity contribution in [2.45, 2.75) is 49.2 Å². The molecule has 0 saturated carbocycles. The molecule has 0 aliphatic carbocycles. The number of aromatic nitrogens is 2. The minimum Gasteiger partial charge on any atom is -0.333 e. The van der Waals surface area contributed by atoms with Crippen molar-refractivity contribution in [1.82, 2.24) is 19.6 Å². The fraction of sp³-hybridized carbons (Fsp3) is 0.750. The van der Waals surface area contributed by atoms with Crippen molar-refractivity contribution < 1.29 is 17.2 Å². The van der Waals surface area contributed by atoms with Gasteiger partial charge in [-0.15, -0.1) is 0 Å². The Morgan fingerprint density at radius 1 is 1.43 bits per heavy atom. The van der Waals surface area contributed by atoms with Gasteiger partial charge >= 0.3 is 0 Å². The third-order valence-corrected chi connectivity index (χ3v) is 5.29. The maximum Gasteiger partial charge on any atom is 0.266 e. The van der Waals surface area contributed by atoms with Crippen LogP contribution in [-0.2, 0) is 23.0 Å². The van der Waals surface area contributed by atoms with E-state index in [4.69, 9.17) is 0 Å². The van der Waals surface area contributed by atoms with Crippen molar-refractivity contribution in [3.05, 3.63) is 12.0 Å². The summed E-state index contributed by atoms with van der Waals surface area (Å²) in [4.78, 5) is 4.08. The molecule has 1 unspecified atom stereocenters. The molecule has 0 radical (unpaired) electrons. The Hall–Kier alpha value is -1.06. The number of imidazole rings is 1. The average molecular weight is 320 g/mol. The molecule has 118 valence electrons. The molecule has 0 aromatic carbocycles. The SMILES string of the molecule is O=S(=O)(NC1CNCCC1(F)F)c1cn2c(n1)CCCC2. The van der Waals surface area contributed by atoms with E-state index in [9.17, 15) is 17.2 Å². The van der Waals surface area contributed by atoms with E-state index in [2.05, 4.69) is 15.0 Å². The highest BCUT2D eigenvalue weighted by Gasteiger charge is 2.44. The van der Waals surface area contributed by atoms with Gasteiger partial charge in [-0.05, 0) is 12.8 Å². The summed E-state index contributed by atoms with van der Waals surface area (Å²) >= 11 is 0. The first-order valence-electron chi connectivity index (χ1n) is 7.05. The molecule has 3 rings (SSSR count). The molecule has 1 saturated heterocycles. The van der Waals surface area contributed by atoms with Crippen molar-refractivity contribution >= 4 is 10.0 Å². The topological polar surface area (TPSA) is 76.0 Å². The number of aryl methyl sites for hydroxylation is 2. The number of fused-ring (bicyclic) bond motifs is 1. The van der Waals surface area contributed by atoms with E-state index in [1.54, 1.807) is 4.57 Å². The highest BCUT2D eigenvalue weighted by molar-refractivity contribution is 7.89. The molecule has 0 bridgehead atoms. The number of piperidine rings is 1. The van der Waals surface area contributed by atoms with Crippen LogP contribution in [0.1, 0.15) is 25.1 Å². The fourth-order valence-corrected chi connectivity index (χ4v) is 3.96. The van der Waals surface area contributed by atoms with Crippen LogP contribution in [0.2, 0.25) is 0 Å². The van der Waals surface area contributed by atoms with E-state index >= 15 is 0 Å². The summed E-state index contributed by atoms with van der Waals surface area (Å²) in [7, 11) is -4.03. The zero-order chi connectivity index (χ0) is 15.1. The Labute approximate surface area is 122 Å². The lowest BCUT2D eigenvalue weighted by molar-refractivity contribution is -0.0500. The van der Waals surface area contributed by atoms with Crippen molar-refractivity contribution in [1.29, 1.82) is 0 Å². The highest BCUT2D eigenvalue weighted by Crippen LogP contribution is 2.26. The monoisotopic (exact) mass is 320 g/mol. The molecule has 1 aromatic heterocycles. The summed E-state index contributed by atoms with van der Waals surface area (Å²) in [5.41, 5.74) is 0. The van der Waals surface area contributed by atoms with Crippen molar-refractivity contribution in [2.75, 3.05) is 13.1 Å². The lowest BCUT2D eigenvalue weighted by atomic mass is 10.0. The van der Waals surface area contributed by atoms with Crippen LogP contribution in [0.25, 0.3) is 0 Å². The number of rotatable bonds is 3. The minimum atomic E-state index is -4.03. The van der Waals surface area contributed by atoms with Crippen LogP contribution in [0.15, 0.2) is 11.2 Å². The quantitative estimate of drug-likeness (QED) is 0.850. The van der Waals surface area contributed by atoms with Gasteiger partial charge in [0.1, 0.15) is 5.82 Å². The van der Waals surface area contributed by atoms with E-state index < -0.39 is 22.0 Å². The Balaban J connectivity index is 1.82. The summed E-state index contributed by atoms with van der Waals surface area (Å²) in [6.07, 6.45) is 3.72. The normalized spacial score (nSPS) is 25.5. The van der Waals surface area contributed by atoms with E-state index in [1.165, 1.54) is 6.20 Å². The van der Waals surface area contributed by atoms with Crippen molar-refractivity contribution in [2.24, 2.45) is 0 Å². The molecular formula is C12H18F2N4O2S. The number of nitrogens with zero attached hydrogens (tertiary/aromatic N) is 2. The Morgan fingerprint density at radius 2 is 2.24 bits per heavy atom. The number of hydrogen-bond acceptors (Lipinski definition) is 4. The second-order valence-electron chi connectivity index (χ2n) is 5.53. The Kier molecular flexibility index (Phi) is 3.74. The molecular weight excluding hydrogens is 302 g/mol. The maximum absolute atomic E-state index is 13.7. The molecule has 2 N–H and O–H groups in total. The van der Waals surface area contributed by atoms with Gasteiger partial charge in [0.05, 0.1) is 6.04 Å². The van der Waals surface area contributed by atoms with Crippen LogP contribution in [0.3, 0.4) is 0 Å². The number of nitrogens with one attached hydrogen (secondary N) is 2. The van der Waals surface area contributed by atoms with Gasteiger partial charge in [-0.25, -0.2) is 22.2 Å². The molecule has 2 aliphatic rings. The predicted molar refractivity (Wildman–Crippen MR) is 71.7 cm³/mol. The molecule has 9 heteroatoms. The van der Waals surface area contributed by atoms with Crippen molar-refractivity contribution in [3.8, 4) is 0 Å². The number of alkyl halides is 2. The van der Waals surface area contributed by atoms with Gasteiger partial charge in [0, 0.05) is 38.7 Å². The van der Waals surface area contributed by atoms with Crippen LogP contribution >= 0.6 is 0 Å². The standard InChI is InChI=1S/C12H18F2N4O2S/c13-12(14)4-5-15-7-9(12)17-21(19,20)11-8-18-6-2-1-3-10(18)16-11/h8-9,15,17H,1-7H2. The molecule has 1 fully saturated rings. The van der Waals surface area contributed by atoms with Crippen LogP contribution in [0.4, 0.5) is 8.78 Å². The number of hydrogen-bond donors (Lipinski definition) is 2. The molecule has 3 heterocycles. The van der Waals surface area contributed by atoms with Gasteiger partial charge in [-0.2, -0.15) is 4.72 Å². The second-order valence-corrected chi connectivity index (χ2v) is 7.20. The van der Waals surface area contributed by atoms with E-state index in [-0.39, 0.29) is 24.5 Å². The average Bonchev–Trinajstić information content (AvgIpc) is 2.86. The Morgan fingerprint density at radius 3 is 2.95 bits per heavy atom. The zero-order valence-corrected chi connectivity index (χ0v) is 12.3. The summed E-state index contributed by atoms with van der Waals surface area (Å²) in [6, 6.07) is -1.44. The zero-order valence-electron chi connectivity index (χ0n) is 11.5. The first-order valence-corrected chi connectivity index (χ1v) is 8.54. The van der Waals surface area contributed by atoms with Crippen LogP contribution in [0, 0.1) is 0 Å². The van der Waals surface area contributed by atoms with E-state index in [1.807, 2.05) is 0 Å². The number of sulfonamides is 1. The molecule has 0 spiro atoms. The number of halogens is 2. The first kappa shape index (κ1) is 14.9. The van der Waals surface area contributed by atoms with Gasteiger partial charge in [-0.1, -0.05) is 0 Å². The van der Waals surface area contributed by atoms with E-state index in [0.29, 0.717) is 5.82 Å². The largest absolute Gasteiger partial charge is 0.333 e. The minimum absolute atomic E-state index is 0.0835. The highest BCUT2D eigenvalue weighted by atomic mass is 32.2. The van der Waals surface area contributed by atoms with Crippen molar-refractivity contribution in [3.63, 3.8) is 0 Å². The van der Waals surface area contributed by atoms with Gasteiger partial charge in [0.15, 0.2) is 5.03 Å².